The van der Waals surface area contributed by atoms with Gasteiger partial charge in [0.2, 0.25) is 5.78 Å². The lowest BCUT2D eigenvalue weighted by atomic mass is 10.2. The van der Waals surface area contributed by atoms with E-state index in [0.717, 1.165) is 23.9 Å². The molecule has 0 aliphatic carbocycles. The summed E-state index contributed by atoms with van der Waals surface area (Å²) in [5, 5.41) is 10.0. The summed E-state index contributed by atoms with van der Waals surface area (Å²) < 4.78 is 5.18. The van der Waals surface area contributed by atoms with E-state index in [4.69, 9.17) is 0 Å². The second kappa shape index (κ2) is 8.23. The summed E-state index contributed by atoms with van der Waals surface area (Å²) in [6, 6.07) is 12.8. The third-order valence-corrected chi connectivity index (χ3v) is 6.39. The van der Waals surface area contributed by atoms with Crippen LogP contribution in [0, 0.1) is 6.92 Å². The van der Waals surface area contributed by atoms with E-state index in [9.17, 15) is 9.59 Å². The molecule has 0 unspecified atom stereocenters. The van der Waals surface area contributed by atoms with Crippen molar-refractivity contribution in [3.8, 4) is 0 Å². The largest absolute Gasteiger partial charge is 0.276 e. The van der Waals surface area contributed by atoms with E-state index in [1.54, 1.807) is 21.2 Å². The summed E-state index contributed by atoms with van der Waals surface area (Å²) in [7, 11) is 0. The molecule has 162 valence electrons. The number of fused-ring (bicyclic) bond motifs is 4. The van der Waals surface area contributed by atoms with Crippen LogP contribution in [-0.2, 0) is 12.3 Å². The lowest BCUT2D eigenvalue weighted by Crippen LogP contribution is -2.23. The van der Waals surface area contributed by atoms with E-state index < -0.39 is 0 Å². The van der Waals surface area contributed by atoms with Gasteiger partial charge in [0.05, 0.1) is 16.6 Å². The zero-order chi connectivity index (χ0) is 22.2. The maximum absolute atomic E-state index is 13.1. The molecule has 0 atom stereocenters. The minimum absolute atomic E-state index is 0.0509. The smallest absolute Gasteiger partial charge is 0.262 e. The third kappa shape index (κ3) is 3.48. The monoisotopic (exact) mass is 446 g/mol. The summed E-state index contributed by atoms with van der Waals surface area (Å²) in [5.41, 5.74) is 2.89. The van der Waals surface area contributed by atoms with Crippen molar-refractivity contribution in [2.75, 3.05) is 0 Å². The Morgan fingerprint density at radius 3 is 2.75 bits per heavy atom. The molecule has 0 saturated carbocycles. The molecule has 0 saturated heterocycles. The Kier molecular flexibility index (Phi) is 5.26. The quantitative estimate of drug-likeness (QED) is 0.371. The molecule has 0 radical (unpaired) electrons. The van der Waals surface area contributed by atoms with Crippen molar-refractivity contribution < 1.29 is 0 Å². The Morgan fingerprint density at radius 1 is 1.06 bits per heavy atom. The van der Waals surface area contributed by atoms with Gasteiger partial charge in [-0.2, -0.15) is 0 Å². The predicted octanol–water partition coefficient (Wildman–Crippen LogP) is 3.45. The summed E-state index contributed by atoms with van der Waals surface area (Å²) in [5.74, 6) is 0.995. The normalized spacial score (nSPS) is 11.7. The summed E-state index contributed by atoms with van der Waals surface area (Å²) in [6.07, 6.45) is 3.65. The molecule has 8 nitrogen and oxygen atoms in total. The first-order valence-corrected chi connectivity index (χ1v) is 11.5. The van der Waals surface area contributed by atoms with Gasteiger partial charge < -0.3 is 0 Å². The molecule has 5 aromatic rings. The maximum Gasteiger partial charge on any atom is 0.262 e. The van der Waals surface area contributed by atoms with Crippen LogP contribution in [0.25, 0.3) is 22.3 Å². The van der Waals surface area contributed by atoms with Crippen LogP contribution in [0.15, 0.2) is 63.4 Å². The maximum atomic E-state index is 13.1. The Balaban J connectivity index is 1.58. The fraction of sp³-hybridized carbons (Fsp3) is 0.261. The standard InChI is InChI=1S/C23H22N6O2S/c1-3-4-11-27-21(31)17-7-5-6-8-18(17)29-22(27)25-26-23(29)32-14-16-12-20(30)28-13-15(2)9-10-19(28)24-16/h5-10,12-13H,3-4,11,14H2,1-2H3. The van der Waals surface area contributed by atoms with Gasteiger partial charge in [-0.1, -0.05) is 43.3 Å². The third-order valence-electron chi connectivity index (χ3n) is 5.42. The molecule has 9 heteroatoms. The number of aromatic nitrogens is 6. The number of para-hydroxylation sites is 1. The van der Waals surface area contributed by atoms with Crippen molar-refractivity contribution in [3.05, 3.63) is 80.6 Å². The zero-order valence-electron chi connectivity index (χ0n) is 17.9. The molecule has 0 spiro atoms. The highest BCUT2D eigenvalue weighted by molar-refractivity contribution is 7.98. The molecular formula is C23H22N6O2S. The predicted molar refractivity (Wildman–Crippen MR) is 125 cm³/mol. The molecular weight excluding hydrogens is 424 g/mol. The van der Waals surface area contributed by atoms with Gasteiger partial charge in [-0.05, 0) is 37.1 Å². The van der Waals surface area contributed by atoms with Crippen LogP contribution in [0.5, 0.6) is 0 Å². The number of pyridine rings is 1. The summed E-state index contributed by atoms with van der Waals surface area (Å²) >= 11 is 1.45. The molecule has 4 heterocycles. The summed E-state index contributed by atoms with van der Waals surface area (Å²) in [6.45, 7) is 4.63. The van der Waals surface area contributed by atoms with Crippen LogP contribution < -0.4 is 11.1 Å². The molecule has 0 bridgehead atoms. The molecule has 0 fully saturated rings. The molecule has 0 aliphatic heterocycles. The molecule has 0 amide bonds. The number of hydrogen-bond donors (Lipinski definition) is 0. The van der Waals surface area contributed by atoms with Gasteiger partial charge in [0.15, 0.2) is 5.16 Å². The number of nitrogens with zero attached hydrogens (tertiary/aromatic N) is 6. The first kappa shape index (κ1) is 20.4. The van der Waals surface area contributed by atoms with E-state index >= 15 is 0 Å². The SMILES string of the molecule is CCCCn1c(=O)c2ccccc2n2c(SCc3cc(=O)n4cc(C)ccc4n3)nnc12. The van der Waals surface area contributed by atoms with Crippen LogP contribution in [0.3, 0.4) is 0 Å². The molecule has 5 rings (SSSR count). The van der Waals surface area contributed by atoms with E-state index in [1.807, 2.05) is 47.7 Å². The van der Waals surface area contributed by atoms with Gasteiger partial charge in [-0.15, -0.1) is 10.2 Å². The van der Waals surface area contributed by atoms with Crippen LogP contribution in [0.2, 0.25) is 0 Å². The van der Waals surface area contributed by atoms with Crippen molar-refractivity contribution in [2.24, 2.45) is 0 Å². The summed E-state index contributed by atoms with van der Waals surface area (Å²) in [4.78, 5) is 30.2. The Labute approximate surface area is 187 Å². The highest BCUT2D eigenvalue weighted by Gasteiger charge is 2.17. The number of hydrogen-bond acceptors (Lipinski definition) is 6. The second-order valence-corrected chi connectivity index (χ2v) is 8.70. The van der Waals surface area contributed by atoms with Crippen LogP contribution >= 0.6 is 11.8 Å². The van der Waals surface area contributed by atoms with E-state index in [0.29, 0.717) is 40.0 Å². The van der Waals surface area contributed by atoms with Gasteiger partial charge in [0.25, 0.3) is 11.1 Å². The zero-order valence-corrected chi connectivity index (χ0v) is 18.7. The van der Waals surface area contributed by atoms with Crippen LogP contribution in [0.4, 0.5) is 0 Å². The molecule has 4 aromatic heterocycles. The average molecular weight is 447 g/mol. The average Bonchev–Trinajstić information content (AvgIpc) is 3.22. The minimum atomic E-state index is -0.112. The van der Waals surface area contributed by atoms with E-state index in [2.05, 4.69) is 22.1 Å². The van der Waals surface area contributed by atoms with Gasteiger partial charge in [-0.25, -0.2) is 4.98 Å². The van der Waals surface area contributed by atoms with Crippen molar-refractivity contribution in [2.45, 2.75) is 44.1 Å². The van der Waals surface area contributed by atoms with Gasteiger partial charge in [0.1, 0.15) is 5.65 Å². The van der Waals surface area contributed by atoms with Crippen molar-refractivity contribution in [3.63, 3.8) is 0 Å². The van der Waals surface area contributed by atoms with Crippen LogP contribution in [0.1, 0.15) is 31.0 Å². The Hall–Kier alpha value is -3.46. The number of rotatable bonds is 6. The minimum Gasteiger partial charge on any atom is -0.276 e. The highest BCUT2D eigenvalue weighted by Crippen LogP contribution is 2.24. The first-order chi connectivity index (χ1) is 15.6. The highest BCUT2D eigenvalue weighted by atomic mass is 32.2. The van der Waals surface area contributed by atoms with Gasteiger partial charge in [-0.3, -0.25) is 23.0 Å². The van der Waals surface area contributed by atoms with Crippen molar-refractivity contribution in [1.29, 1.82) is 0 Å². The van der Waals surface area contributed by atoms with Gasteiger partial charge >= 0.3 is 0 Å². The van der Waals surface area contributed by atoms with Crippen LogP contribution in [-0.4, -0.2) is 28.5 Å². The number of unbranched alkanes of at least 4 members (excludes halogenated alkanes) is 1. The lowest BCUT2D eigenvalue weighted by Gasteiger charge is -2.11. The first-order valence-electron chi connectivity index (χ1n) is 10.5. The molecule has 0 aliphatic rings. The molecule has 32 heavy (non-hydrogen) atoms. The van der Waals surface area contributed by atoms with E-state index in [1.165, 1.54) is 11.8 Å². The van der Waals surface area contributed by atoms with E-state index in [-0.39, 0.29) is 11.1 Å². The number of aryl methyl sites for hydroxylation is 2. The molecule has 1 aromatic carbocycles. The lowest BCUT2D eigenvalue weighted by molar-refractivity contribution is 0.620. The Bertz CT molecular complexity index is 1580. The van der Waals surface area contributed by atoms with Crippen molar-refractivity contribution in [1.82, 2.24) is 28.5 Å². The fourth-order valence-corrected chi connectivity index (χ4v) is 4.65. The number of thioether (sulfide) groups is 1. The number of benzene rings is 1. The van der Waals surface area contributed by atoms with Gasteiger partial charge in [0, 0.05) is 24.6 Å². The molecule has 0 N–H and O–H groups in total. The topological polar surface area (TPSA) is 86.6 Å². The fourth-order valence-electron chi connectivity index (χ4n) is 3.82. The Morgan fingerprint density at radius 2 is 1.91 bits per heavy atom. The van der Waals surface area contributed by atoms with Crippen molar-refractivity contribution >= 4 is 34.1 Å². The second-order valence-electron chi connectivity index (χ2n) is 7.75.